The molecule has 0 saturated heterocycles. The average molecular weight is 298 g/mol. The molecule has 0 N–H and O–H groups in total. The van der Waals surface area contributed by atoms with Gasteiger partial charge in [-0.15, -0.1) is 0 Å². The highest BCUT2D eigenvalue weighted by Crippen LogP contribution is 2.30. The third-order valence-electron chi connectivity index (χ3n) is 3.98. The minimum atomic E-state index is 0.0594. The van der Waals surface area contributed by atoms with E-state index in [0.717, 1.165) is 29.7 Å². The molecule has 1 aliphatic carbocycles. The number of benzene rings is 1. The van der Waals surface area contributed by atoms with Gasteiger partial charge in [0.2, 0.25) is 0 Å². The van der Waals surface area contributed by atoms with Crippen LogP contribution in [0.4, 0.5) is 0 Å². The second kappa shape index (κ2) is 5.67. The van der Waals surface area contributed by atoms with E-state index in [1.54, 1.807) is 25.1 Å². The smallest absolute Gasteiger partial charge is 0.192 e. The number of carbonyl (C=O) groups is 1. The number of allylic oxidation sites excluding steroid dienone is 1. The van der Waals surface area contributed by atoms with Gasteiger partial charge < -0.3 is 9.47 Å². The lowest BCUT2D eigenvalue weighted by Crippen LogP contribution is -2.14. The molecule has 0 saturated carbocycles. The van der Waals surface area contributed by atoms with Gasteiger partial charge in [-0.3, -0.25) is 9.48 Å². The summed E-state index contributed by atoms with van der Waals surface area (Å²) in [7, 11) is 5.07. The first-order valence-electron chi connectivity index (χ1n) is 7.12. The van der Waals surface area contributed by atoms with Crippen LogP contribution in [0.2, 0.25) is 0 Å². The third kappa shape index (κ3) is 2.39. The largest absolute Gasteiger partial charge is 0.493 e. The molecular weight excluding hydrogens is 280 g/mol. The van der Waals surface area contributed by atoms with Crippen LogP contribution in [-0.2, 0) is 13.5 Å². The zero-order valence-corrected chi connectivity index (χ0v) is 12.9. The third-order valence-corrected chi connectivity index (χ3v) is 3.98. The zero-order chi connectivity index (χ0) is 15.7. The highest BCUT2D eigenvalue weighted by atomic mass is 16.5. The Morgan fingerprint density at radius 1 is 1.18 bits per heavy atom. The summed E-state index contributed by atoms with van der Waals surface area (Å²) in [5, 5.41) is 4.17. The molecule has 0 radical (unpaired) electrons. The summed E-state index contributed by atoms with van der Waals surface area (Å²) in [5.41, 5.74) is 3.44. The molecule has 5 nitrogen and oxygen atoms in total. The zero-order valence-electron chi connectivity index (χ0n) is 12.9. The second-order valence-corrected chi connectivity index (χ2v) is 5.24. The number of ketones is 1. The van der Waals surface area contributed by atoms with Crippen LogP contribution in [-0.4, -0.2) is 29.8 Å². The number of aromatic nitrogens is 2. The van der Waals surface area contributed by atoms with Crippen LogP contribution in [0.25, 0.3) is 6.08 Å². The maximum Gasteiger partial charge on any atom is 0.192 e. The van der Waals surface area contributed by atoms with Gasteiger partial charge in [0.15, 0.2) is 17.3 Å². The summed E-state index contributed by atoms with van der Waals surface area (Å²) in [4.78, 5) is 12.5. The van der Waals surface area contributed by atoms with Crippen molar-refractivity contribution in [2.24, 2.45) is 7.05 Å². The lowest BCUT2D eigenvalue weighted by Gasteiger charge is -2.15. The fraction of sp³-hybridized carbons (Fsp3) is 0.294. The molecule has 0 spiro atoms. The molecule has 0 fully saturated rings. The summed E-state index contributed by atoms with van der Waals surface area (Å²) in [6.07, 6.45) is 5.12. The fourth-order valence-corrected chi connectivity index (χ4v) is 2.77. The normalized spacial score (nSPS) is 15.8. The lowest BCUT2D eigenvalue weighted by atomic mass is 9.90. The number of aryl methyl sites for hydroxylation is 1. The molecule has 114 valence electrons. The first-order valence-corrected chi connectivity index (χ1v) is 7.12. The van der Waals surface area contributed by atoms with E-state index in [1.165, 1.54) is 0 Å². The van der Waals surface area contributed by atoms with E-state index in [4.69, 9.17) is 9.47 Å². The minimum absolute atomic E-state index is 0.0594. The number of carbonyl (C=O) groups excluding carboxylic acids is 1. The molecule has 0 amide bonds. The van der Waals surface area contributed by atoms with Gasteiger partial charge in [-0.25, -0.2) is 0 Å². The van der Waals surface area contributed by atoms with Gasteiger partial charge in [0.05, 0.1) is 26.0 Å². The number of methoxy groups -OCH3 is 2. The van der Waals surface area contributed by atoms with Crippen molar-refractivity contribution in [2.45, 2.75) is 12.8 Å². The molecule has 1 heterocycles. The van der Waals surface area contributed by atoms with Gasteiger partial charge in [-0.05, 0) is 36.6 Å². The predicted octanol–water partition coefficient (Wildman–Crippen LogP) is 2.65. The van der Waals surface area contributed by atoms with Crippen molar-refractivity contribution in [3.05, 3.63) is 46.8 Å². The first-order chi connectivity index (χ1) is 10.6. The van der Waals surface area contributed by atoms with Crippen LogP contribution < -0.4 is 9.47 Å². The molecule has 5 heteroatoms. The Kier molecular flexibility index (Phi) is 3.71. The number of Topliss-reactive ketones (excluding diaryl/α,β-unsaturated/α-hetero) is 1. The Morgan fingerprint density at radius 2 is 1.95 bits per heavy atom. The fourth-order valence-electron chi connectivity index (χ4n) is 2.77. The summed E-state index contributed by atoms with van der Waals surface area (Å²) in [5.74, 6) is 1.39. The molecule has 1 aromatic heterocycles. The summed E-state index contributed by atoms with van der Waals surface area (Å²) in [6, 6.07) is 5.63. The van der Waals surface area contributed by atoms with Gasteiger partial charge >= 0.3 is 0 Å². The van der Waals surface area contributed by atoms with Crippen LogP contribution in [0.15, 0.2) is 30.0 Å². The molecule has 3 rings (SSSR count). The van der Waals surface area contributed by atoms with E-state index in [0.29, 0.717) is 17.1 Å². The predicted molar refractivity (Wildman–Crippen MR) is 83.4 cm³/mol. The molecule has 0 atom stereocenters. The number of hydrogen-bond donors (Lipinski definition) is 0. The summed E-state index contributed by atoms with van der Waals surface area (Å²) >= 11 is 0. The topological polar surface area (TPSA) is 53.4 Å². The van der Waals surface area contributed by atoms with Crippen molar-refractivity contribution >= 4 is 11.9 Å². The van der Waals surface area contributed by atoms with Crippen molar-refractivity contribution in [1.82, 2.24) is 9.78 Å². The van der Waals surface area contributed by atoms with E-state index in [9.17, 15) is 4.79 Å². The second-order valence-electron chi connectivity index (χ2n) is 5.24. The Bertz CT molecular complexity index is 759. The van der Waals surface area contributed by atoms with Crippen LogP contribution in [0, 0.1) is 0 Å². The molecule has 1 aliphatic rings. The lowest BCUT2D eigenvalue weighted by molar-refractivity contribution is 0.102. The van der Waals surface area contributed by atoms with Crippen LogP contribution in [0.1, 0.15) is 28.0 Å². The standard InChI is InChI=1S/C17H18N2O3/c1-19-14-6-5-12(17(20)13(14)10-18-19)8-11-4-7-15(21-2)16(9-11)22-3/h4,7-10H,5-6H2,1-3H3/b12-8+. The summed E-state index contributed by atoms with van der Waals surface area (Å²) < 4.78 is 12.3. The molecule has 1 aromatic carbocycles. The van der Waals surface area contributed by atoms with Crippen molar-refractivity contribution in [2.75, 3.05) is 14.2 Å². The molecule has 0 aliphatic heterocycles. The van der Waals surface area contributed by atoms with Crippen LogP contribution in [0.5, 0.6) is 11.5 Å². The van der Waals surface area contributed by atoms with Gasteiger partial charge in [0.1, 0.15) is 0 Å². The molecular formula is C17H18N2O3. The van der Waals surface area contributed by atoms with Crippen LogP contribution in [0.3, 0.4) is 0 Å². The van der Waals surface area contributed by atoms with Gasteiger partial charge in [-0.1, -0.05) is 6.07 Å². The molecule has 22 heavy (non-hydrogen) atoms. The number of fused-ring (bicyclic) bond motifs is 1. The highest BCUT2D eigenvalue weighted by Gasteiger charge is 2.24. The van der Waals surface area contributed by atoms with Crippen molar-refractivity contribution in [1.29, 1.82) is 0 Å². The van der Waals surface area contributed by atoms with E-state index in [-0.39, 0.29) is 5.78 Å². The number of nitrogens with zero attached hydrogens (tertiary/aromatic N) is 2. The maximum absolute atomic E-state index is 12.5. The Labute approximate surface area is 129 Å². The van der Waals surface area contributed by atoms with E-state index < -0.39 is 0 Å². The average Bonchev–Trinajstić information content (AvgIpc) is 2.92. The number of hydrogen-bond acceptors (Lipinski definition) is 4. The van der Waals surface area contributed by atoms with E-state index in [2.05, 4.69) is 5.10 Å². The number of rotatable bonds is 3. The summed E-state index contributed by atoms with van der Waals surface area (Å²) in [6.45, 7) is 0. The molecule has 0 bridgehead atoms. The molecule has 0 unspecified atom stereocenters. The van der Waals surface area contributed by atoms with E-state index in [1.807, 2.05) is 31.3 Å². The monoisotopic (exact) mass is 298 g/mol. The Hall–Kier alpha value is -2.56. The minimum Gasteiger partial charge on any atom is -0.493 e. The molecule has 2 aromatic rings. The van der Waals surface area contributed by atoms with Gasteiger partial charge in [-0.2, -0.15) is 5.10 Å². The van der Waals surface area contributed by atoms with Crippen LogP contribution >= 0.6 is 0 Å². The quantitative estimate of drug-likeness (QED) is 0.817. The van der Waals surface area contributed by atoms with Gasteiger partial charge in [0, 0.05) is 18.3 Å². The van der Waals surface area contributed by atoms with Crippen molar-refractivity contribution in [3.63, 3.8) is 0 Å². The SMILES string of the molecule is COc1ccc(/C=C2\CCc3c(cnn3C)C2=O)cc1OC. The van der Waals surface area contributed by atoms with Crippen molar-refractivity contribution < 1.29 is 14.3 Å². The maximum atomic E-state index is 12.5. The number of ether oxygens (including phenoxy) is 2. The highest BCUT2D eigenvalue weighted by molar-refractivity contribution is 6.12. The Morgan fingerprint density at radius 3 is 2.68 bits per heavy atom. The van der Waals surface area contributed by atoms with E-state index >= 15 is 0 Å². The van der Waals surface area contributed by atoms with Crippen molar-refractivity contribution in [3.8, 4) is 11.5 Å². The Balaban J connectivity index is 1.95. The first kappa shape index (κ1) is 14.4. The van der Waals surface area contributed by atoms with Gasteiger partial charge in [0.25, 0.3) is 0 Å².